The zero-order valence-electron chi connectivity index (χ0n) is 15.0. The molecular weight excluding hydrogens is 383 g/mol. The third-order valence-corrected chi connectivity index (χ3v) is 5.66. The minimum absolute atomic E-state index is 0.0115. The fraction of sp³-hybridized carbons (Fsp3) is 0.333. The van der Waals surface area contributed by atoms with Crippen molar-refractivity contribution in [3.63, 3.8) is 0 Å². The van der Waals surface area contributed by atoms with Crippen molar-refractivity contribution in [3.05, 3.63) is 69.7 Å². The lowest BCUT2D eigenvalue weighted by Crippen LogP contribution is -2.44. The molecule has 2 aromatic rings. The molecule has 1 saturated heterocycles. The van der Waals surface area contributed by atoms with E-state index in [4.69, 9.17) is 23.2 Å². The highest BCUT2D eigenvalue weighted by Gasteiger charge is 2.23. The Bertz CT molecular complexity index is 803. The Morgan fingerprint density at radius 1 is 1.00 bits per heavy atom. The maximum Gasteiger partial charge on any atom is 0.251 e. The zero-order valence-corrected chi connectivity index (χ0v) is 16.5. The highest BCUT2D eigenvalue weighted by Crippen LogP contribution is 2.23. The number of nitrogens with one attached hydrogen (secondary N) is 1. The van der Waals surface area contributed by atoms with Gasteiger partial charge in [0.15, 0.2) is 0 Å². The minimum Gasteiger partial charge on any atom is -0.343 e. The van der Waals surface area contributed by atoms with Crippen LogP contribution in [-0.2, 0) is 11.2 Å². The van der Waals surface area contributed by atoms with E-state index in [1.54, 1.807) is 12.1 Å². The average Bonchev–Trinajstić information content (AvgIpc) is 2.69. The largest absolute Gasteiger partial charge is 0.343 e. The minimum atomic E-state index is -0.333. The van der Waals surface area contributed by atoms with Crippen LogP contribution in [0, 0.1) is 5.92 Å². The smallest absolute Gasteiger partial charge is 0.251 e. The summed E-state index contributed by atoms with van der Waals surface area (Å²) in [5, 5.41) is 3.37. The molecule has 1 aliphatic heterocycles. The first-order valence-electron chi connectivity index (χ1n) is 9.08. The third-order valence-electron chi connectivity index (χ3n) is 4.92. The summed E-state index contributed by atoms with van der Waals surface area (Å²) in [7, 11) is 0. The van der Waals surface area contributed by atoms with Crippen LogP contribution in [0.3, 0.4) is 0 Å². The summed E-state index contributed by atoms with van der Waals surface area (Å²) in [5.41, 5.74) is 1.73. The van der Waals surface area contributed by atoms with E-state index in [1.807, 2.05) is 11.0 Å². The molecule has 0 radical (unpaired) electrons. The van der Waals surface area contributed by atoms with Crippen LogP contribution in [0.25, 0.3) is 0 Å². The van der Waals surface area contributed by atoms with Gasteiger partial charge in [-0.2, -0.15) is 0 Å². The van der Waals surface area contributed by atoms with E-state index in [0.29, 0.717) is 21.5 Å². The first-order chi connectivity index (χ1) is 13.0. The van der Waals surface area contributed by atoms with E-state index < -0.39 is 0 Å². The monoisotopic (exact) mass is 404 g/mol. The highest BCUT2D eigenvalue weighted by atomic mass is 35.5. The van der Waals surface area contributed by atoms with Crippen LogP contribution in [0.5, 0.6) is 0 Å². The Hall–Kier alpha value is -2.04. The summed E-state index contributed by atoms with van der Waals surface area (Å²) in [6, 6.07) is 15.1. The maximum absolute atomic E-state index is 12.4. The predicted molar refractivity (Wildman–Crippen MR) is 108 cm³/mol. The Labute approximate surface area is 169 Å². The SMILES string of the molecule is O=C(NCC(=O)N1CCC(Cc2ccccc2)CC1)c1ccc(Cl)c(Cl)c1. The average molecular weight is 405 g/mol. The van der Waals surface area contributed by atoms with Crippen molar-refractivity contribution in [1.82, 2.24) is 10.2 Å². The molecule has 0 aliphatic carbocycles. The number of rotatable bonds is 5. The van der Waals surface area contributed by atoms with Crippen molar-refractivity contribution < 1.29 is 9.59 Å². The van der Waals surface area contributed by atoms with Crippen LogP contribution < -0.4 is 5.32 Å². The quantitative estimate of drug-likeness (QED) is 0.811. The van der Waals surface area contributed by atoms with Gasteiger partial charge in [-0.15, -0.1) is 0 Å². The molecule has 27 heavy (non-hydrogen) atoms. The second kappa shape index (κ2) is 9.25. The molecule has 0 bridgehead atoms. The lowest BCUT2D eigenvalue weighted by atomic mass is 9.90. The number of hydrogen-bond acceptors (Lipinski definition) is 2. The van der Waals surface area contributed by atoms with E-state index in [0.717, 1.165) is 32.4 Å². The van der Waals surface area contributed by atoms with Gasteiger partial charge in [0.2, 0.25) is 5.91 Å². The van der Waals surface area contributed by atoms with Gasteiger partial charge in [0.25, 0.3) is 5.91 Å². The topological polar surface area (TPSA) is 49.4 Å². The summed E-state index contributed by atoms with van der Waals surface area (Å²) in [4.78, 5) is 26.4. The summed E-state index contributed by atoms with van der Waals surface area (Å²) in [5.74, 6) is 0.213. The Morgan fingerprint density at radius 2 is 1.70 bits per heavy atom. The Morgan fingerprint density at radius 3 is 2.37 bits per heavy atom. The molecular formula is C21H22Cl2N2O2. The van der Waals surface area contributed by atoms with E-state index in [9.17, 15) is 9.59 Å². The van der Waals surface area contributed by atoms with Crippen LogP contribution in [0.2, 0.25) is 10.0 Å². The standard InChI is InChI=1S/C21H22Cl2N2O2/c22-18-7-6-17(13-19(18)23)21(27)24-14-20(26)25-10-8-16(9-11-25)12-15-4-2-1-3-5-15/h1-7,13,16H,8-12,14H2,(H,24,27). The van der Waals surface area contributed by atoms with Gasteiger partial charge in [-0.3, -0.25) is 9.59 Å². The number of benzene rings is 2. The van der Waals surface area contributed by atoms with Gasteiger partial charge < -0.3 is 10.2 Å². The molecule has 0 unspecified atom stereocenters. The summed E-state index contributed by atoms with van der Waals surface area (Å²) in [6.07, 6.45) is 3.03. The lowest BCUT2D eigenvalue weighted by molar-refractivity contribution is -0.131. The van der Waals surface area contributed by atoms with Crippen LogP contribution in [-0.4, -0.2) is 36.3 Å². The number of halogens is 2. The molecule has 1 N–H and O–H groups in total. The number of nitrogens with zero attached hydrogens (tertiary/aromatic N) is 1. The van der Waals surface area contributed by atoms with Crippen molar-refractivity contribution in [2.24, 2.45) is 5.92 Å². The van der Waals surface area contributed by atoms with Crippen LogP contribution in [0.1, 0.15) is 28.8 Å². The second-order valence-electron chi connectivity index (χ2n) is 6.83. The summed E-state index contributed by atoms with van der Waals surface area (Å²) < 4.78 is 0. The number of hydrogen-bond donors (Lipinski definition) is 1. The molecule has 1 fully saturated rings. The van der Waals surface area contributed by atoms with Crippen molar-refractivity contribution >= 4 is 35.0 Å². The lowest BCUT2D eigenvalue weighted by Gasteiger charge is -2.32. The van der Waals surface area contributed by atoms with Gasteiger partial charge in [-0.25, -0.2) is 0 Å². The zero-order chi connectivity index (χ0) is 19.2. The van der Waals surface area contributed by atoms with Gasteiger partial charge >= 0.3 is 0 Å². The van der Waals surface area contributed by atoms with Crippen LogP contribution in [0.4, 0.5) is 0 Å². The molecule has 142 valence electrons. The number of carbonyl (C=O) groups excluding carboxylic acids is 2. The number of carbonyl (C=O) groups is 2. The molecule has 2 aromatic carbocycles. The molecule has 4 nitrogen and oxygen atoms in total. The molecule has 0 atom stereocenters. The fourth-order valence-corrected chi connectivity index (χ4v) is 3.64. The van der Waals surface area contributed by atoms with Crippen LogP contribution >= 0.6 is 23.2 Å². The van der Waals surface area contributed by atoms with Gasteiger partial charge in [0.05, 0.1) is 16.6 Å². The molecule has 3 rings (SSSR count). The summed E-state index contributed by atoms with van der Waals surface area (Å²) >= 11 is 11.8. The van der Waals surface area contributed by atoms with Gasteiger partial charge in [-0.1, -0.05) is 53.5 Å². The van der Waals surface area contributed by atoms with E-state index in [2.05, 4.69) is 29.6 Å². The highest BCUT2D eigenvalue weighted by molar-refractivity contribution is 6.42. The summed E-state index contributed by atoms with van der Waals surface area (Å²) in [6.45, 7) is 1.46. The first-order valence-corrected chi connectivity index (χ1v) is 9.83. The van der Waals surface area contributed by atoms with Crippen LogP contribution in [0.15, 0.2) is 48.5 Å². The Balaban J connectivity index is 1.44. The van der Waals surface area contributed by atoms with Crippen molar-refractivity contribution in [2.45, 2.75) is 19.3 Å². The maximum atomic E-state index is 12.4. The predicted octanol–water partition coefficient (Wildman–Crippen LogP) is 4.20. The van der Waals surface area contributed by atoms with Gasteiger partial charge in [-0.05, 0) is 48.9 Å². The molecule has 1 aliphatic rings. The van der Waals surface area contributed by atoms with E-state index >= 15 is 0 Å². The van der Waals surface area contributed by atoms with Crippen molar-refractivity contribution in [3.8, 4) is 0 Å². The third kappa shape index (κ3) is 5.47. The molecule has 6 heteroatoms. The second-order valence-corrected chi connectivity index (χ2v) is 7.64. The molecule has 0 saturated carbocycles. The van der Waals surface area contributed by atoms with E-state index in [1.165, 1.54) is 11.6 Å². The first kappa shape index (κ1) is 19.7. The molecule has 1 heterocycles. The van der Waals surface area contributed by atoms with Crippen molar-refractivity contribution in [2.75, 3.05) is 19.6 Å². The van der Waals surface area contributed by atoms with Crippen molar-refractivity contribution in [1.29, 1.82) is 0 Å². The molecule has 2 amide bonds. The fourth-order valence-electron chi connectivity index (χ4n) is 3.34. The Kier molecular flexibility index (Phi) is 6.75. The van der Waals surface area contributed by atoms with E-state index in [-0.39, 0.29) is 18.4 Å². The molecule has 0 spiro atoms. The number of likely N-dealkylation sites (tertiary alicyclic amines) is 1. The number of amides is 2. The number of piperidine rings is 1. The van der Waals surface area contributed by atoms with Gasteiger partial charge in [0.1, 0.15) is 0 Å². The van der Waals surface area contributed by atoms with Gasteiger partial charge in [0, 0.05) is 18.7 Å². The molecule has 0 aromatic heterocycles. The normalized spacial score (nSPS) is 14.8.